The smallest absolute Gasteiger partial charge is 0.150 e. The number of rotatable bonds is 5. The molecule has 0 heterocycles. The Morgan fingerprint density at radius 1 is 1.42 bits per heavy atom. The number of Topliss-reactive ketones (excluding diaryl/α,β-unsaturated/α-hetero) is 1. The van der Waals surface area contributed by atoms with Gasteiger partial charge in [0.1, 0.15) is 0 Å². The van der Waals surface area contributed by atoms with Gasteiger partial charge in [-0.3, -0.25) is 4.79 Å². The average molecular weight is 163 g/mol. The Kier molecular flexibility index (Phi) is 5.79. The van der Waals surface area contributed by atoms with Crippen LogP contribution in [0.4, 0.5) is 0 Å². The predicted octanol–water partition coefficient (Wildman–Crippen LogP) is 0.710. The van der Waals surface area contributed by atoms with Crippen molar-refractivity contribution in [3.63, 3.8) is 0 Å². The first kappa shape index (κ1) is 10.8. The molecule has 1 atom stereocenters. The lowest BCUT2D eigenvalue weighted by molar-refractivity contribution is -0.120. The average Bonchev–Trinajstić information content (AvgIpc) is 2.05. The molecule has 0 aromatic rings. The zero-order valence-corrected chi connectivity index (χ0v) is 7.05. The molecular weight excluding hydrogens is 150 g/mol. The monoisotopic (exact) mass is 163 g/mol. The molecule has 0 aliphatic carbocycles. The third kappa shape index (κ3) is 4.55. The minimum absolute atomic E-state index is 0.00296. The van der Waals surface area contributed by atoms with E-state index in [4.69, 9.17) is 18.6 Å². The van der Waals surface area contributed by atoms with Gasteiger partial charge in [0.05, 0.1) is 6.04 Å². The van der Waals surface area contributed by atoms with Crippen LogP contribution in [0.3, 0.4) is 0 Å². The molecule has 0 saturated carbocycles. The highest BCUT2D eigenvalue weighted by atomic mass is 16.1. The molecule has 0 saturated heterocycles. The molecule has 0 aliphatic rings. The summed E-state index contributed by atoms with van der Waals surface area (Å²) in [5, 5.41) is 0. The Morgan fingerprint density at radius 3 is 2.58 bits per heavy atom. The fourth-order valence-corrected chi connectivity index (χ4v) is 0.791. The standard InChI is InChI=1S/C10H13NO/c1-3-5-6-8-10(12)9(11)7-4-2/h1-2,9H,5-8,11H2. The largest absolute Gasteiger partial charge is 0.321 e. The van der Waals surface area contributed by atoms with Crippen molar-refractivity contribution in [3.8, 4) is 24.7 Å². The van der Waals surface area contributed by atoms with Crippen LogP contribution in [0.25, 0.3) is 0 Å². The van der Waals surface area contributed by atoms with E-state index in [-0.39, 0.29) is 5.78 Å². The van der Waals surface area contributed by atoms with Crippen LogP contribution in [-0.2, 0) is 4.79 Å². The third-order valence-electron chi connectivity index (χ3n) is 1.50. The SMILES string of the molecule is C#CCCCC(=O)C(N)CC#C. The summed E-state index contributed by atoms with van der Waals surface area (Å²) in [4.78, 5) is 11.1. The van der Waals surface area contributed by atoms with Crippen molar-refractivity contribution in [2.24, 2.45) is 5.73 Å². The Hall–Kier alpha value is -1.25. The first-order valence-corrected chi connectivity index (χ1v) is 3.87. The van der Waals surface area contributed by atoms with Gasteiger partial charge in [0.25, 0.3) is 0 Å². The molecule has 0 aromatic heterocycles. The van der Waals surface area contributed by atoms with Gasteiger partial charge in [-0.25, -0.2) is 0 Å². The van der Waals surface area contributed by atoms with Crippen molar-refractivity contribution in [1.82, 2.24) is 0 Å². The minimum Gasteiger partial charge on any atom is -0.321 e. The molecule has 2 nitrogen and oxygen atoms in total. The van der Waals surface area contributed by atoms with Gasteiger partial charge >= 0.3 is 0 Å². The highest BCUT2D eigenvalue weighted by Gasteiger charge is 2.10. The van der Waals surface area contributed by atoms with E-state index in [1.54, 1.807) is 0 Å². The van der Waals surface area contributed by atoms with Crippen LogP contribution in [0, 0.1) is 24.7 Å². The first-order valence-electron chi connectivity index (χ1n) is 3.87. The molecule has 0 rings (SSSR count). The number of carbonyl (C=O) groups excluding carboxylic acids is 1. The summed E-state index contributed by atoms with van der Waals surface area (Å²) in [6.45, 7) is 0. The summed E-state index contributed by atoms with van der Waals surface area (Å²) < 4.78 is 0. The van der Waals surface area contributed by atoms with E-state index in [1.165, 1.54) is 0 Å². The van der Waals surface area contributed by atoms with Crippen LogP contribution in [0.5, 0.6) is 0 Å². The zero-order valence-electron chi connectivity index (χ0n) is 7.05. The summed E-state index contributed by atoms with van der Waals surface area (Å²) in [5.41, 5.74) is 5.47. The van der Waals surface area contributed by atoms with Crippen LogP contribution in [0.1, 0.15) is 25.7 Å². The Morgan fingerprint density at radius 2 is 2.08 bits per heavy atom. The van der Waals surface area contributed by atoms with Gasteiger partial charge in [-0.2, -0.15) is 0 Å². The first-order chi connectivity index (χ1) is 5.72. The van der Waals surface area contributed by atoms with Crippen molar-refractivity contribution >= 4 is 5.78 Å². The van der Waals surface area contributed by atoms with Gasteiger partial charge in [-0.1, -0.05) is 0 Å². The molecule has 0 bridgehead atoms. The maximum absolute atomic E-state index is 11.1. The molecule has 0 radical (unpaired) electrons. The lowest BCUT2D eigenvalue weighted by Crippen LogP contribution is -2.29. The van der Waals surface area contributed by atoms with E-state index in [0.29, 0.717) is 25.7 Å². The third-order valence-corrected chi connectivity index (χ3v) is 1.50. The fraction of sp³-hybridized carbons (Fsp3) is 0.500. The van der Waals surface area contributed by atoms with Crippen LogP contribution in [0.2, 0.25) is 0 Å². The summed E-state index contributed by atoms with van der Waals surface area (Å²) in [6.07, 6.45) is 12.1. The molecule has 0 amide bonds. The van der Waals surface area contributed by atoms with E-state index in [1.807, 2.05) is 0 Å². The number of terminal acetylenes is 2. The number of ketones is 1. The topological polar surface area (TPSA) is 43.1 Å². The van der Waals surface area contributed by atoms with Gasteiger partial charge in [0.15, 0.2) is 5.78 Å². The van der Waals surface area contributed by atoms with Crippen LogP contribution in [0.15, 0.2) is 0 Å². The highest BCUT2D eigenvalue weighted by Crippen LogP contribution is 1.99. The van der Waals surface area contributed by atoms with E-state index in [9.17, 15) is 4.79 Å². The predicted molar refractivity (Wildman–Crippen MR) is 49.1 cm³/mol. The molecule has 2 heteroatoms. The van der Waals surface area contributed by atoms with Crippen molar-refractivity contribution in [2.45, 2.75) is 31.7 Å². The second-order valence-electron chi connectivity index (χ2n) is 2.54. The number of hydrogen-bond donors (Lipinski definition) is 1. The molecule has 0 spiro atoms. The summed E-state index contributed by atoms with van der Waals surface area (Å²) in [5.74, 6) is 4.82. The van der Waals surface area contributed by atoms with Gasteiger partial charge in [-0.05, 0) is 6.42 Å². The van der Waals surface area contributed by atoms with Crippen LogP contribution in [-0.4, -0.2) is 11.8 Å². The molecule has 0 fully saturated rings. The molecule has 64 valence electrons. The van der Waals surface area contributed by atoms with E-state index in [2.05, 4.69) is 11.8 Å². The van der Waals surface area contributed by atoms with Gasteiger partial charge in [0, 0.05) is 19.3 Å². The second kappa shape index (κ2) is 6.46. The van der Waals surface area contributed by atoms with Crippen molar-refractivity contribution in [1.29, 1.82) is 0 Å². The summed E-state index contributed by atoms with van der Waals surface area (Å²) in [7, 11) is 0. The van der Waals surface area contributed by atoms with Gasteiger partial charge in [0.2, 0.25) is 0 Å². The van der Waals surface area contributed by atoms with E-state index in [0.717, 1.165) is 0 Å². The maximum atomic E-state index is 11.1. The Bertz CT molecular complexity index is 219. The van der Waals surface area contributed by atoms with E-state index >= 15 is 0 Å². The lowest BCUT2D eigenvalue weighted by atomic mass is 10.1. The summed E-state index contributed by atoms with van der Waals surface area (Å²) >= 11 is 0. The van der Waals surface area contributed by atoms with Crippen molar-refractivity contribution in [2.75, 3.05) is 0 Å². The molecule has 0 aliphatic heterocycles. The van der Waals surface area contributed by atoms with Crippen LogP contribution >= 0.6 is 0 Å². The van der Waals surface area contributed by atoms with Crippen molar-refractivity contribution in [3.05, 3.63) is 0 Å². The van der Waals surface area contributed by atoms with Gasteiger partial charge < -0.3 is 5.73 Å². The lowest BCUT2D eigenvalue weighted by Gasteiger charge is -2.04. The van der Waals surface area contributed by atoms with E-state index < -0.39 is 6.04 Å². The Balaban J connectivity index is 3.60. The molecule has 1 unspecified atom stereocenters. The molecule has 0 aromatic carbocycles. The number of hydrogen-bond acceptors (Lipinski definition) is 2. The maximum Gasteiger partial charge on any atom is 0.150 e. The Labute approximate surface area is 73.5 Å². The quantitative estimate of drug-likeness (QED) is 0.479. The minimum atomic E-state index is -0.507. The highest BCUT2D eigenvalue weighted by molar-refractivity contribution is 5.84. The van der Waals surface area contributed by atoms with Crippen molar-refractivity contribution < 1.29 is 4.79 Å². The number of carbonyl (C=O) groups is 1. The summed E-state index contributed by atoms with van der Waals surface area (Å²) in [6, 6.07) is -0.507. The second-order valence-corrected chi connectivity index (χ2v) is 2.54. The normalized spacial score (nSPS) is 11.2. The number of nitrogens with two attached hydrogens (primary N) is 1. The molecule has 12 heavy (non-hydrogen) atoms. The molecule has 2 N–H and O–H groups in total. The fourth-order valence-electron chi connectivity index (χ4n) is 0.791. The zero-order chi connectivity index (χ0) is 9.40. The van der Waals surface area contributed by atoms with Gasteiger partial charge in [-0.15, -0.1) is 24.7 Å². The number of unbranched alkanes of at least 4 members (excludes halogenated alkanes) is 1. The van der Waals surface area contributed by atoms with Crippen LogP contribution < -0.4 is 5.73 Å². The molecular formula is C10H13NO.